The third-order valence-electron chi connectivity index (χ3n) is 7.48. The van der Waals surface area contributed by atoms with Crippen LogP contribution in [-0.2, 0) is 5.41 Å². The van der Waals surface area contributed by atoms with E-state index in [2.05, 4.69) is 44.2 Å². The zero-order valence-electron chi connectivity index (χ0n) is 15.4. The summed E-state index contributed by atoms with van der Waals surface area (Å²) in [6.07, 6.45) is 5.26. The average Bonchev–Trinajstić information content (AvgIpc) is 2.90. The van der Waals surface area contributed by atoms with Gasteiger partial charge in [-0.3, -0.25) is 0 Å². The van der Waals surface area contributed by atoms with Crippen molar-refractivity contribution in [2.24, 2.45) is 23.7 Å². The maximum atomic E-state index is 9.78. The lowest BCUT2D eigenvalue weighted by molar-refractivity contribution is 0.0426. The number of fused-ring (bicyclic) bond motifs is 8. The SMILES string of the molecule is CC1CC2CC(C)C3(c4cc(Cl)ccc4-c4c(C#N)cccc43)C(C1)C2. The van der Waals surface area contributed by atoms with Gasteiger partial charge in [0.15, 0.2) is 0 Å². The molecule has 26 heavy (non-hydrogen) atoms. The van der Waals surface area contributed by atoms with Gasteiger partial charge in [-0.2, -0.15) is 5.26 Å². The van der Waals surface area contributed by atoms with E-state index < -0.39 is 0 Å². The van der Waals surface area contributed by atoms with E-state index in [0.29, 0.717) is 11.8 Å². The zero-order valence-corrected chi connectivity index (χ0v) is 16.2. The van der Waals surface area contributed by atoms with Crippen LogP contribution in [0.4, 0.5) is 0 Å². The summed E-state index contributed by atoms with van der Waals surface area (Å²) in [5.41, 5.74) is 6.01. The van der Waals surface area contributed by atoms with Crippen molar-refractivity contribution in [3.05, 3.63) is 58.1 Å². The molecule has 0 N–H and O–H groups in total. The van der Waals surface area contributed by atoms with Gasteiger partial charge >= 0.3 is 0 Å². The first-order valence-electron chi connectivity index (χ1n) is 9.89. The lowest BCUT2D eigenvalue weighted by Crippen LogP contribution is -2.49. The molecule has 3 aliphatic rings. The van der Waals surface area contributed by atoms with Crippen molar-refractivity contribution < 1.29 is 0 Å². The van der Waals surface area contributed by atoms with Crippen molar-refractivity contribution in [1.82, 2.24) is 0 Å². The molecule has 2 saturated carbocycles. The number of halogens is 1. The van der Waals surface area contributed by atoms with E-state index in [1.807, 2.05) is 12.1 Å². The molecule has 2 aromatic rings. The Kier molecular flexibility index (Phi) is 3.54. The molecule has 2 aromatic carbocycles. The van der Waals surface area contributed by atoms with Crippen LogP contribution in [-0.4, -0.2) is 0 Å². The molecule has 5 unspecified atom stereocenters. The lowest BCUT2D eigenvalue weighted by atomic mass is 9.49. The summed E-state index contributed by atoms with van der Waals surface area (Å²) in [5.74, 6) is 2.86. The second-order valence-electron chi connectivity index (χ2n) is 8.91. The highest BCUT2D eigenvalue weighted by atomic mass is 35.5. The monoisotopic (exact) mass is 361 g/mol. The van der Waals surface area contributed by atoms with Gasteiger partial charge in [0.25, 0.3) is 0 Å². The van der Waals surface area contributed by atoms with Crippen LogP contribution >= 0.6 is 11.6 Å². The van der Waals surface area contributed by atoms with Crippen molar-refractivity contribution in [3.63, 3.8) is 0 Å². The third kappa shape index (κ3) is 1.97. The van der Waals surface area contributed by atoms with Crippen LogP contribution in [0.2, 0.25) is 5.02 Å². The number of benzene rings is 2. The molecule has 5 rings (SSSR count). The van der Waals surface area contributed by atoms with E-state index in [1.165, 1.54) is 47.9 Å². The highest BCUT2D eigenvalue weighted by Gasteiger charge is 2.56. The van der Waals surface area contributed by atoms with E-state index in [9.17, 15) is 5.26 Å². The fourth-order valence-electron chi connectivity index (χ4n) is 6.87. The summed E-state index contributed by atoms with van der Waals surface area (Å²) in [5, 5.41) is 10.6. The van der Waals surface area contributed by atoms with Gasteiger partial charge in [0.05, 0.1) is 11.6 Å². The number of hydrogen-bond donors (Lipinski definition) is 0. The molecular formula is C24H24ClN. The molecule has 1 spiro atoms. The Morgan fingerprint density at radius 2 is 1.88 bits per heavy atom. The van der Waals surface area contributed by atoms with E-state index in [0.717, 1.165) is 22.4 Å². The second kappa shape index (κ2) is 5.61. The molecule has 2 heteroatoms. The first-order chi connectivity index (χ1) is 12.6. The molecule has 1 nitrogen and oxygen atoms in total. The van der Waals surface area contributed by atoms with Crippen LogP contribution in [0.3, 0.4) is 0 Å². The summed E-state index contributed by atoms with van der Waals surface area (Å²) in [6.45, 7) is 4.86. The molecule has 0 aliphatic heterocycles. The molecule has 0 saturated heterocycles. The van der Waals surface area contributed by atoms with Crippen LogP contribution in [0.1, 0.15) is 56.2 Å². The standard InChI is InChI=1S/C24H24ClN/c1-14-8-16-10-15(2)24(18(9-14)11-16)21-5-3-4-17(13-26)23(21)20-7-6-19(25)12-22(20)24/h3-7,12,14-16,18H,8-11H2,1-2H3. The van der Waals surface area contributed by atoms with E-state index in [1.54, 1.807) is 0 Å². The molecule has 0 aromatic heterocycles. The summed E-state index contributed by atoms with van der Waals surface area (Å²) in [7, 11) is 0. The summed E-state index contributed by atoms with van der Waals surface area (Å²) in [6, 6.07) is 15.1. The van der Waals surface area contributed by atoms with Crippen LogP contribution in [0.5, 0.6) is 0 Å². The van der Waals surface area contributed by atoms with Crippen molar-refractivity contribution in [3.8, 4) is 17.2 Å². The van der Waals surface area contributed by atoms with Gasteiger partial charge in [-0.05, 0) is 84.2 Å². The summed E-state index contributed by atoms with van der Waals surface area (Å²) in [4.78, 5) is 0. The lowest BCUT2D eigenvalue weighted by Gasteiger charge is -2.54. The first-order valence-corrected chi connectivity index (χ1v) is 10.3. The second-order valence-corrected chi connectivity index (χ2v) is 9.35. The predicted octanol–water partition coefficient (Wildman–Crippen LogP) is 6.57. The number of rotatable bonds is 0. The third-order valence-corrected chi connectivity index (χ3v) is 7.71. The maximum Gasteiger partial charge on any atom is 0.0998 e. The quantitative estimate of drug-likeness (QED) is 0.520. The van der Waals surface area contributed by atoms with Gasteiger partial charge in [-0.1, -0.05) is 43.6 Å². The normalized spacial score (nSPS) is 34.2. The molecule has 5 atom stereocenters. The van der Waals surface area contributed by atoms with E-state index >= 15 is 0 Å². The summed E-state index contributed by atoms with van der Waals surface area (Å²) >= 11 is 6.49. The highest BCUT2D eigenvalue weighted by Crippen LogP contribution is 2.65. The Balaban J connectivity index is 1.85. The predicted molar refractivity (Wildman–Crippen MR) is 106 cm³/mol. The number of hydrogen-bond acceptors (Lipinski definition) is 1. The van der Waals surface area contributed by atoms with Crippen molar-refractivity contribution >= 4 is 11.6 Å². The molecule has 0 radical (unpaired) electrons. The van der Waals surface area contributed by atoms with Crippen LogP contribution < -0.4 is 0 Å². The number of nitrogens with zero attached hydrogens (tertiary/aromatic N) is 1. The minimum Gasteiger partial charge on any atom is -0.192 e. The molecular weight excluding hydrogens is 338 g/mol. The Labute approximate surface area is 161 Å². The highest BCUT2D eigenvalue weighted by molar-refractivity contribution is 6.30. The van der Waals surface area contributed by atoms with Gasteiger partial charge in [0, 0.05) is 16.0 Å². The fourth-order valence-corrected chi connectivity index (χ4v) is 7.04. The van der Waals surface area contributed by atoms with Crippen molar-refractivity contribution in [2.75, 3.05) is 0 Å². The molecule has 0 amide bonds. The Morgan fingerprint density at radius 1 is 1.04 bits per heavy atom. The first kappa shape index (κ1) is 16.4. The molecule has 2 fully saturated rings. The van der Waals surface area contributed by atoms with Crippen LogP contribution in [0, 0.1) is 35.0 Å². The van der Waals surface area contributed by atoms with Gasteiger partial charge in [-0.15, -0.1) is 0 Å². The minimum absolute atomic E-state index is 0.0214. The van der Waals surface area contributed by atoms with Gasteiger partial charge in [0.1, 0.15) is 0 Å². The Bertz CT molecular complexity index is 936. The van der Waals surface area contributed by atoms with Gasteiger partial charge < -0.3 is 0 Å². The van der Waals surface area contributed by atoms with E-state index in [-0.39, 0.29) is 5.41 Å². The number of nitriles is 1. The molecule has 3 aliphatic carbocycles. The topological polar surface area (TPSA) is 23.8 Å². The largest absolute Gasteiger partial charge is 0.192 e. The van der Waals surface area contributed by atoms with Gasteiger partial charge in [-0.25, -0.2) is 0 Å². The van der Waals surface area contributed by atoms with Crippen LogP contribution in [0.15, 0.2) is 36.4 Å². The van der Waals surface area contributed by atoms with E-state index in [4.69, 9.17) is 11.6 Å². The summed E-state index contributed by atoms with van der Waals surface area (Å²) < 4.78 is 0. The van der Waals surface area contributed by atoms with Crippen LogP contribution in [0.25, 0.3) is 11.1 Å². The molecule has 132 valence electrons. The zero-order chi connectivity index (χ0) is 18.1. The average molecular weight is 362 g/mol. The van der Waals surface area contributed by atoms with Crippen molar-refractivity contribution in [2.45, 2.75) is 44.9 Å². The smallest absolute Gasteiger partial charge is 0.0998 e. The molecule has 0 heterocycles. The van der Waals surface area contributed by atoms with Gasteiger partial charge in [0.2, 0.25) is 0 Å². The van der Waals surface area contributed by atoms with Crippen molar-refractivity contribution in [1.29, 1.82) is 5.26 Å². The maximum absolute atomic E-state index is 9.78. The Hall–Kier alpha value is -1.78. The minimum atomic E-state index is 0.0214. The Morgan fingerprint density at radius 3 is 2.69 bits per heavy atom. The molecule has 2 bridgehead atoms. The fraction of sp³-hybridized carbons (Fsp3) is 0.458.